The zero-order valence-corrected chi connectivity index (χ0v) is 16.5. The third-order valence-electron chi connectivity index (χ3n) is 4.66. The van der Waals surface area contributed by atoms with Gasteiger partial charge in [-0.1, -0.05) is 17.9 Å². The molecule has 1 fully saturated rings. The van der Waals surface area contributed by atoms with Crippen LogP contribution in [0.15, 0.2) is 36.5 Å². The number of hydrogen-bond acceptors (Lipinski definition) is 5. The summed E-state index contributed by atoms with van der Waals surface area (Å²) in [5, 5.41) is 3.83. The number of hydrogen-bond donors (Lipinski definition) is 1. The average Bonchev–Trinajstić information content (AvgIpc) is 2.69. The molecule has 1 aromatic heterocycles. The van der Waals surface area contributed by atoms with Crippen LogP contribution in [0.25, 0.3) is 10.9 Å². The molecule has 0 spiro atoms. The molecule has 148 valence electrons. The summed E-state index contributed by atoms with van der Waals surface area (Å²) in [4.78, 5) is 16.4. The highest BCUT2D eigenvalue weighted by Crippen LogP contribution is 2.19. The number of carbonyl (C=O) groups is 1. The van der Waals surface area contributed by atoms with Crippen LogP contribution in [-0.4, -0.2) is 56.1 Å². The minimum absolute atomic E-state index is 0.0797. The van der Waals surface area contributed by atoms with Crippen LogP contribution < -0.4 is 10.1 Å². The molecule has 1 N–H and O–H groups in total. The summed E-state index contributed by atoms with van der Waals surface area (Å²) in [6, 6.07) is 9.55. The van der Waals surface area contributed by atoms with Gasteiger partial charge in [0.2, 0.25) is 15.9 Å². The lowest BCUT2D eigenvalue weighted by Crippen LogP contribution is -2.42. The molecule has 3 rings (SSSR count). The number of nitrogens with zero attached hydrogens (tertiary/aromatic N) is 2. The number of pyridine rings is 1. The van der Waals surface area contributed by atoms with Crippen LogP contribution in [-0.2, 0) is 14.8 Å². The smallest absolute Gasteiger partial charge is 0.223 e. The van der Waals surface area contributed by atoms with Crippen molar-refractivity contribution in [3.05, 3.63) is 36.5 Å². The standard InChI is InChI=1S/C20H23N3O4S/c1-28(25,26)23-12-8-17(9-13-23)20(24)22-10-2-3-14-27-18-7-6-16-5-4-11-21-19(16)15-18/h4-7,11,15,17H,8-10,12-14H2,1H3,(H,22,24). The molecule has 8 heteroatoms. The highest BCUT2D eigenvalue weighted by molar-refractivity contribution is 7.88. The zero-order valence-electron chi connectivity index (χ0n) is 15.7. The lowest BCUT2D eigenvalue weighted by molar-refractivity contribution is -0.125. The zero-order chi connectivity index (χ0) is 20.0. The highest BCUT2D eigenvalue weighted by atomic mass is 32.2. The van der Waals surface area contributed by atoms with Gasteiger partial charge in [-0.25, -0.2) is 12.7 Å². The van der Waals surface area contributed by atoms with Crippen molar-refractivity contribution in [1.29, 1.82) is 0 Å². The van der Waals surface area contributed by atoms with Gasteiger partial charge in [0.15, 0.2) is 0 Å². The van der Waals surface area contributed by atoms with E-state index in [1.165, 1.54) is 10.6 Å². The summed E-state index contributed by atoms with van der Waals surface area (Å²) in [5.74, 6) is 6.19. The average molecular weight is 401 g/mol. The first kappa shape index (κ1) is 20.1. The van der Waals surface area contributed by atoms with Crippen molar-refractivity contribution in [2.24, 2.45) is 5.92 Å². The first-order chi connectivity index (χ1) is 13.4. The number of carbonyl (C=O) groups excluding carboxylic acids is 1. The Kier molecular flexibility index (Phi) is 6.49. The molecule has 1 aliphatic rings. The summed E-state index contributed by atoms with van der Waals surface area (Å²) in [6.45, 7) is 1.24. The van der Waals surface area contributed by atoms with Gasteiger partial charge in [0, 0.05) is 36.7 Å². The first-order valence-corrected chi connectivity index (χ1v) is 10.9. The van der Waals surface area contributed by atoms with E-state index in [-0.39, 0.29) is 25.0 Å². The van der Waals surface area contributed by atoms with E-state index in [4.69, 9.17) is 4.74 Å². The van der Waals surface area contributed by atoms with Gasteiger partial charge in [0.25, 0.3) is 0 Å². The van der Waals surface area contributed by atoms with Gasteiger partial charge in [-0.15, -0.1) is 0 Å². The Bertz CT molecular complexity index is 1000. The van der Waals surface area contributed by atoms with Crippen LogP contribution in [0.1, 0.15) is 12.8 Å². The molecule has 2 heterocycles. The molecule has 28 heavy (non-hydrogen) atoms. The molecule has 0 atom stereocenters. The fraction of sp³-hybridized carbons (Fsp3) is 0.400. The van der Waals surface area contributed by atoms with Gasteiger partial charge in [-0.3, -0.25) is 9.78 Å². The van der Waals surface area contributed by atoms with Gasteiger partial charge >= 0.3 is 0 Å². The molecule has 1 aromatic carbocycles. The number of piperidine rings is 1. The molecule has 0 saturated carbocycles. The number of sulfonamides is 1. The molecule has 0 radical (unpaired) electrons. The predicted octanol–water partition coefficient (Wildman–Crippen LogP) is 1.40. The molecule has 0 bridgehead atoms. The largest absolute Gasteiger partial charge is 0.481 e. The van der Waals surface area contributed by atoms with Crippen molar-refractivity contribution in [3.8, 4) is 17.6 Å². The van der Waals surface area contributed by atoms with E-state index in [1.807, 2.05) is 30.3 Å². The second-order valence-electron chi connectivity index (χ2n) is 6.65. The maximum absolute atomic E-state index is 12.1. The number of benzene rings is 1. The Morgan fingerprint density at radius 3 is 2.82 bits per heavy atom. The van der Waals surface area contributed by atoms with Crippen LogP contribution in [0.2, 0.25) is 0 Å². The molecule has 0 aliphatic carbocycles. The maximum atomic E-state index is 12.1. The van der Waals surface area contributed by atoms with Crippen LogP contribution in [0.3, 0.4) is 0 Å². The molecule has 1 amide bonds. The number of rotatable bonds is 5. The molecule has 1 aliphatic heterocycles. The third-order valence-corrected chi connectivity index (χ3v) is 5.96. The van der Waals surface area contributed by atoms with E-state index in [1.54, 1.807) is 6.20 Å². The third kappa shape index (κ3) is 5.44. The summed E-state index contributed by atoms with van der Waals surface area (Å²) in [6.07, 6.45) is 4.00. The van der Waals surface area contributed by atoms with Crippen molar-refractivity contribution in [1.82, 2.24) is 14.6 Å². The second-order valence-corrected chi connectivity index (χ2v) is 8.64. The van der Waals surface area contributed by atoms with Crippen molar-refractivity contribution < 1.29 is 17.9 Å². The first-order valence-electron chi connectivity index (χ1n) is 9.09. The van der Waals surface area contributed by atoms with E-state index in [2.05, 4.69) is 22.1 Å². The summed E-state index contributed by atoms with van der Waals surface area (Å²) >= 11 is 0. The van der Waals surface area contributed by atoms with Crippen LogP contribution in [0, 0.1) is 17.8 Å². The topological polar surface area (TPSA) is 88.6 Å². The van der Waals surface area contributed by atoms with Gasteiger partial charge in [0.1, 0.15) is 12.4 Å². The molecular formula is C20H23N3O4S. The molecular weight excluding hydrogens is 378 g/mol. The highest BCUT2D eigenvalue weighted by Gasteiger charge is 2.28. The second kappa shape index (κ2) is 9.04. The maximum Gasteiger partial charge on any atom is 0.223 e. The van der Waals surface area contributed by atoms with E-state index >= 15 is 0 Å². The molecule has 7 nitrogen and oxygen atoms in total. The number of aromatic nitrogens is 1. The summed E-state index contributed by atoms with van der Waals surface area (Å²) < 4.78 is 30.0. The fourth-order valence-electron chi connectivity index (χ4n) is 3.09. The fourth-order valence-corrected chi connectivity index (χ4v) is 3.97. The molecule has 2 aromatic rings. The summed E-state index contributed by atoms with van der Waals surface area (Å²) in [5.41, 5.74) is 0.863. The predicted molar refractivity (Wildman–Crippen MR) is 107 cm³/mol. The lowest BCUT2D eigenvalue weighted by atomic mass is 9.97. The monoisotopic (exact) mass is 401 g/mol. The Morgan fingerprint density at radius 2 is 2.07 bits per heavy atom. The van der Waals surface area contributed by atoms with E-state index in [0.29, 0.717) is 31.7 Å². The van der Waals surface area contributed by atoms with Gasteiger partial charge in [-0.2, -0.15) is 0 Å². The van der Waals surface area contributed by atoms with E-state index in [9.17, 15) is 13.2 Å². The quantitative estimate of drug-likeness (QED) is 0.765. The van der Waals surface area contributed by atoms with Crippen molar-refractivity contribution in [3.63, 3.8) is 0 Å². The normalized spacial score (nSPS) is 15.6. The number of amides is 1. The molecule has 0 unspecified atom stereocenters. The molecule has 1 saturated heterocycles. The van der Waals surface area contributed by atoms with Gasteiger partial charge in [0.05, 0.1) is 18.3 Å². The number of fused-ring (bicyclic) bond motifs is 1. The SMILES string of the molecule is CS(=O)(=O)N1CCC(C(=O)NCC#CCOc2ccc3cccnc3c2)CC1. The van der Waals surface area contributed by atoms with Crippen molar-refractivity contribution in [2.45, 2.75) is 12.8 Å². The van der Waals surface area contributed by atoms with E-state index < -0.39 is 10.0 Å². The summed E-state index contributed by atoms with van der Waals surface area (Å²) in [7, 11) is -3.18. The van der Waals surface area contributed by atoms with Crippen molar-refractivity contribution >= 4 is 26.8 Å². The van der Waals surface area contributed by atoms with Crippen molar-refractivity contribution in [2.75, 3.05) is 32.5 Å². The lowest BCUT2D eigenvalue weighted by Gasteiger charge is -2.29. The number of nitrogens with one attached hydrogen (secondary N) is 1. The van der Waals surface area contributed by atoms with Crippen LogP contribution >= 0.6 is 0 Å². The Balaban J connectivity index is 1.38. The van der Waals surface area contributed by atoms with Crippen LogP contribution in [0.4, 0.5) is 0 Å². The Morgan fingerprint density at radius 1 is 1.29 bits per heavy atom. The number of ether oxygens (including phenoxy) is 1. The van der Waals surface area contributed by atoms with E-state index in [0.717, 1.165) is 10.9 Å². The van der Waals surface area contributed by atoms with Gasteiger partial charge < -0.3 is 10.1 Å². The Hall–Kier alpha value is -2.63. The Labute approximate surface area is 165 Å². The minimum Gasteiger partial charge on any atom is -0.481 e. The van der Waals surface area contributed by atoms with Gasteiger partial charge in [-0.05, 0) is 31.0 Å². The van der Waals surface area contributed by atoms with Crippen LogP contribution in [0.5, 0.6) is 5.75 Å². The minimum atomic E-state index is -3.18.